The molecule has 1 aromatic rings. The molecule has 2 rings (SSSR count). The van der Waals surface area contributed by atoms with Crippen molar-refractivity contribution < 1.29 is 8.42 Å². The molecule has 18 heavy (non-hydrogen) atoms. The summed E-state index contributed by atoms with van der Waals surface area (Å²) in [6.45, 7) is 3.18. The minimum atomic E-state index is -3.04. The van der Waals surface area contributed by atoms with Crippen molar-refractivity contribution in [3.63, 3.8) is 0 Å². The third-order valence-electron chi connectivity index (χ3n) is 3.03. The zero-order valence-electron chi connectivity index (χ0n) is 10.6. The lowest BCUT2D eigenvalue weighted by Gasteiger charge is -2.30. The summed E-state index contributed by atoms with van der Waals surface area (Å²) in [6.07, 6.45) is 3.73. The molecule has 6 nitrogen and oxygen atoms in total. The van der Waals surface area contributed by atoms with Crippen molar-refractivity contribution in [1.82, 2.24) is 13.7 Å². The lowest BCUT2D eigenvalue weighted by molar-refractivity contribution is 0.332. The van der Waals surface area contributed by atoms with Crippen molar-refractivity contribution in [2.24, 2.45) is 0 Å². The molecular formula is C10H18N4O2S2. The average Bonchev–Trinajstić information content (AvgIpc) is 2.76. The molecule has 0 radical (unpaired) electrons. The van der Waals surface area contributed by atoms with Crippen LogP contribution in [0.4, 0.5) is 5.13 Å². The lowest BCUT2D eigenvalue weighted by atomic mass is 10.1. The van der Waals surface area contributed by atoms with E-state index in [0.717, 1.165) is 30.2 Å². The molecule has 1 aliphatic rings. The highest BCUT2D eigenvalue weighted by atomic mass is 32.2. The molecule has 2 heterocycles. The molecule has 0 unspecified atom stereocenters. The van der Waals surface area contributed by atoms with Gasteiger partial charge in [-0.2, -0.15) is 4.37 Å². The maximum Gasteiger partial charge on any atom is 0.211 e. The second-order valence-electron chi connectivity index (χ2n) is 4.45. The summed E-state index contributed by atoms with van der Waals surface area (Å²) < 4.78 is 28.5. The maximum atomic E-state index is 11.4. The molecule has 0 amide bonds. The Kier molecular flexibility index (Phi) is 4.18. The van der Waals surface area contributed by atoms with Gasteiger partial charge in [0.15, 0.2) is 0 Å². The van der Waals surface area contributed by atoms with E-state index in [1.165, 1.54) is 22.1 Å². The van der Waals surface area contributed by atoms with E-state index in [4.69, 9.17) is 0 Å². The van der Waals surface area contributed by atoms with E-state index in [1.807, 2.05) is 6.92 Å². The number of aromatic nitrogens is 2. The molecule has 1 aromatic heterocycles. The number of nitrogens with one attached hydrogen (secondary N) is 1. The normalized spacial score (nSPS) is 19.0. The van der Waals surface area contributed by atoms with E-state index in [0.29, 0.717) is 19.1 Å². The van der Waals surface area contributed by atoms with E-state index in [2.05, 4.69) is 14.7 Å². The molecule has 0 aliphatic carbocycles. The van der Waals surface area contributed by atoms with Gasteiger partial charge in [-0.15, -0.1) is 0 Å². The van der Waals surface area contributed by atoms with Crippen LogP contribution in [0.25, 0.3) is 0 Å². The van der Waals surface area contributed by atoms with E-state index < -0.39 is 10.0 Å². The molecule has 0 aromatic carbocycles. The Labute approximate surface area is 112 Å². The van der Waals surface area contributed by atoms with E-state index in [1.54, 1.807) is 0 Å². The smallest absolute Gasteiger partial charge is 0.211 e. The molecule has 8 heteroatoms. The zero-order valence-corrected chi connectivity index (χ0v) is 12.2. The first-order valence-electron chi connectivity index (χ1n) is 6.03. The number of nitrogens with zero attached hydrogens (tertiary/aromatic N) is 3. The highest BCUT2D eigenvalue weighted by Crippen LogP contribution is 2.19. The predicted octanol–water partition coefficient (Wildman–Crippen LogP) is 0.936. The van der Waals surface area contributed by atoms with Crippen LogP contribution in [-0.4, -0.2) is 47.5 Å². The molecule has 0 spiro atoms. The van der Waals surface area contributed by atoms with Gasteiger partial charge in [-0.25, -0.2) is 17.7 Å². The fourth-order valence-electron chi connectivity index (χ4n) is 1.96. The van der Waals surface area contributed by atoms with Gasteiger partial charge < -0.3 is 5.32 Å². The van der Waals surface area contributed by atoms with Gasteiger partial charge in [-0.3, -0.25) is 0 Å². The number of hydrogen-bond acceptors (Lipinski definition) is 6. The molecule has 102 valence electrons. The average molecular weight is 290 g/mol. The van der Waals surface area contributed by atoms with Gasteiger partial charge in [-0.1, -0.05) is 6.92 Å². The number of hydrogen-bond donors (Lipinski definition) is 1. The van der Waals surface area contributed by atoms with Gasteiger partial charge >= 0.3 is 0 Å². The molecule has 0 bridgehead atoms. The number of rotatable bonds is 4. The van der Waals surface area contributed by atoms with Gasteiger partial charge in [0.05, 0.1) is 6.26 Å². The highest BCUT2D eigenvalue weighted by molar-refractivity contribution is 7.88. The first-order valence-corrected chi connectivity index (χ1v) is 8.65. The van der Waals surface area contributed by atoms with E-state index in [-0.39, 0.29) is 0 Å². The fourth-order valence-corrected chi connectivity index (χ4v) is 3.56. The molecular weight excluding hydrogens is 272 g/mol. The Morgan fingerprint density at radius 1 is 1.44 bits per heavy atom. The van der Waals surface area contributed by atoms with E-state index >= 15 is 0 Å². The Morgan fingerprint density at radius 2 is 2.11 bits per heavy atom. The largest absolute Gasteiger partial charge is 0.357 e. The monoisotopic (exact) mass is 290 g/mol. The summed E-state index contributed by atoms with van der Waals surface area (Å²) in [7, 11) is -3.04. The number of anilines is 1. The topological polar surface area (TPSA) is 75.2 Å². The first-order chi connectivity index (χ1) is 8.49. The van der Waals surface area contributed by atoms with Gasteiger partial charge in [-0.05, 0) is 12.8 Å². The lowest BCUT2D eigenvalue weighted by Crippen LogP contribution is -2.41. The molecule has 1 fully saturated rings. The highest BCUT2D eigenvalue weighted by Gasteiger charge is 2.25. The third-order valence-corrected chi connectivity index (χ3v) is 5.02. The minimum Gasteiger partial charge on any atom is -0.357 e. The van der Waals surface area contributed by atoms with Gasteiger partial charge in [0.2, 0.25) is 15.2 Å². The van der Waals surface area contributed by atoms with Gasteiger partial charge in [0, 0.05) is 37.1 Å². The fraction of sp³-hybridized carbons (Fsp3) is 0.800. The van der Waals surface area contributed by atoms with Crippen LogP contribution in [-0.2, 0) is 16.4 Å². The van der Waals surface area contributed by atoms with Crippen molar-refractivity contribution in [1.29, 1.82) is 0 Å². The molecule has 1 saturated heterocycles. The standard InChI is InChI=1S/C10H18N4O2S2/c1-3-9-12-10(17-13-9)11-8-4-6-14(7-5-8)18(2,15)16/h8H,3-7H2,1-2H3,(H,11,12,13). The summed E-state index contributed by atoms with van der Waals surface area (Å²) in [4.78, 5) is 4.36. The Morgan fingerprint density at radius 3 is 2.61 bits per heavy atom. The second-order valence-corrected chi connectivity index (χ2v) is 7.18. The van der Waals surface area contributed by atoms with Crippen molar-refractivity contribution in [3.8, 4) is 0 Å². The zero-order chi connectivity index (χ0) is 13.2. The van der Waals surface area contributed by atoms with Crippen LogP contribution in [0.5, 0.6) is 0 Å². The van der Waals surface area contributed by atoms with Crippen LogP contribution in [0.15, 0.2) is 0 Å². The summed E-state index contributed by atoms with van der Waals surface area (Å²) in [5.41, 5.74) is 0. The molecule has 1 aliphatic heterocycles. The van der Waals surface area contributed by atoms with Crippen LogP contribution >= 0.6 is 11.5 Å². The molecule has 0 saturated carbocycles. The van der Waals surface area contributed by atoms with Crippen molar-refractivity contribution in [3.05, 3.63) is 5.82 Å². The van der Waals surface area contributed by atoms with Crippen molar-refractivity contribution in [2.45, 2.75) is 32.2 Å². The maximum absolute atomic E-state index is 11.4. The van der Waals surface area contributed by atoms with Gasteiger partial charge in [0.1, 0.15) is 5.82 Å². The van der Waals surface area contributed by atoms with E-state index in [9.17, 15) is 8.42 Å². The predicted molar refractivity (Wildman–Crippen MR) is 72.3 cm³/mol. The third kappa shape index (κ3) is 3.39. The summed E-state index contributed by atoms with van der Waals surface area (Å²) in [5.74, 6) is 0.857. The van der Waals surface area contributed by atoms with Crippen molar-refractivity contribution >= 4 is 26.7 Å². The van der Waals surface area contributed by atoms with Crippen molar-refractivity contribution in [2.75, 3.05) is 24.7 Å². The molecule has 1 N–H and O–H groups in total. The number of sulfonamides is 1. The number of aryl methyl sites for hydroxylation is 1. The summed E-state index contributed by atoms with van der Waals surface area (Å²) >= 11 is 1.37. The summed E-state index contributed by atoms with van der Waals surface area (Å²) in [5, 5.41) is 4.17. The quantitative estimate of drug-likeness (QED) is 0.893. The molecule has 0 atom stereocenters. The van der Waals surface area contributed by atoms with Crippen LogP contribution < -0.4 is 5.32 Å². The summed E-state index contributed by atoms with van der Waals surface area (Å²) in [6, 6.07) is 0.292. The Hall–Kier alpha value is -0.730. The second kappa shape index (κ2) is 5.50. The number of piperidine rings is 1. The Balaban J connectivity index is 1.87. The SMILES string of the molecule is CCc1nsc(NC2CCN(S(C)(=O)=O)CC2)n1. The van der Waals surface area contributed by atoms with Crippen LogP contribution in [0.1, 0.15) is 25.6 Å². The van der Waals surface area contributed by atoms with Gasteiger partial charge in [0.25, 0.3) is 0 Å². The van der Waals surface area contributed by atoms with Crippen LogP contribution in [0.2, 0.25) is 0 Å². The van der Waals surface area contributed by atoms with Crippen LogP contribution in [0, 0.1) is 0 Å². The first kappa shape index (κ1) is 13.7. The minimum absolute atomic E-state index is 0.292. The van der Waals surface area contributed by atoms with Crippen LogP contribution in [0.3, 0.4) is 0 Å². The Bertz CT molecular complexity index is 492.